The van der Waals surface area contributed by atoms with Gasteiger partial charge in [-0.3, -0.25) is 14.5 Å². The number of hydrogen-bond acceptors (Lipinski definition) is 4. The van der Waals surface area contributed by atoms with Gasteiger partial charge in [0, 0.05) is 6.20 Å². The number of nitrogens with zero attached hydrogens (tertiary/aromatic N) is 2. The van der Waals surface area contributed by atoms with Crippen molar-refractivity contribution >= 4 is 28.7 Å². The molecule has 0 N–H and O–H groups in total. The lowest BCUT2D eigenvalue weighted by molar-refractivity contribution is -0.153. The summed E-state index contributed by atoms with van der Waals surface area (Å²) >= 11 is 1.28. The smallest absolute Gasteiger partial charge is 0.287 e. The molecule has 1 unspecified atom stereocenters. The number of thioether (sulfide) groups is 1. The Bertz CT molecular complexity index is 441. The molecule has 1 fully saturated rings. The predicted octanol–water partition coefficient (Wildman–Crippen LogP) is 1.65. The van der Waals surface area contributed by atoms with E-state index in [1.165, 1.54) is 23.1 Å². The van der Waals surface area contributed by atoms with Crippen LogP contribution in [0.2, 0.25) is 0 Å². The summed E-state index contributed by atoms with van der Waals surface area (Å²) in [6, 6.07) is 0. The van der Waals surface area contributed by atoms with Crippen molar-refractivity contribution in [2.45, 2.75) is 44.3 Å². The normalized spacial score (nSPS) is 28.6. The topological polar surface area (TPSA) is 59.0 Å². The molecule has 3 rings (SSSR count). The van der Waals surface area contributed by atoms with E-state index in [9.17, 15) is 9.59 Å². The minimum atomic E-state index is -1.04. The van der Waals surface area contributed by atoms with Gasteiger partial charge in [0.1, 0.15) is 0 Å². The Morgan fingerprint density at radius 1 is 1.28 bits per heavy atom. The van der Waals surface area contributed by atoms with Crippen LogP contribution >= 0.6 is 11.8 Å². The first-order valence-corrected chi connectivity index (χ1v) is 7.08. The lowest BCUT2D eigenvalue weighted by atomic mass is 9.97. The van der Waals surface area contributed by atoms with Crippen LogP contribution < -0.4 is 0 Å². The van der Waals surface area contributed by atoms with Gasteiger partial charge >= 0.3 is 0 Å². The number of fused-ring (bicyclic) bond motifs is 1. The number of carbonyl (C=O) groups excluding carboxylic acids is 2. The third-order valence-electron chi connectivity index (χ3n) is 3.36. The van der Waals surface area contributed by atoms with E-state index in [1.807, 2.05) is 0 Å². The molecule has 0 radical (unpaired) electrons. The second kappa shape index (κ2) is 4.85. The summed E-state index contributed by atoms with van der Waals surface area (Å²) in [4.78, 5) is 29.2. The van der Waals surface area contributed by atoms with Crippen LogP contribution in [0.1, 0.15) is 32.1 Å². The van der Waals surface area contributed by atoms with Crippen LogP contribution in [-0.4, -0.2) is 34.1 Å². The zero-order valence-electron chi connectivity index (χ0n) is 9.87. The largest absolute Gasteiger partial charge is 0.356 e. The lowest BCUT2D eigenvalue weighted by Gasteiger charge is -2.29. The van der Waals surface area contributed by atoms with E-state index in [4.69, 9.17) is 4.74 Å². The van der Waals surface area contributed by atoms with E-state index in [1.54, 1.807) is 11.6 Å². The number of ether oxygens (including phenoxy) is 1. The number of amidine groups is 1. The maximum atomic E-state index is 12.1. The highest BCUT2D eigenvalue weighted by Crippen LogP contribution is 2.27. The van der Waals surface area contributed by atoms with Crippen molar-refractivity contribution in [2.24, 2.45) is 4.99 Å². The lowest BCUT2D eigenvalue weighted by Crippen LogP contribution is -2.48. The molecule has 1 saturated carbocycles. The average molecular weight is 266 g/mol. The molecule has 0 aromatic rings. The highest BCUT2D eigenvalue weighted by atomic mass is 32.2. The summed E-state index contributed by atoms with van der Waals surface area (Å²) in [7, 11) is 0. The van der Waals surface area contributed by atoms with Gasteiger partial charge in [-0.2, -0.15) is 4.99 Å². The second-order valence-electron chi connectivity index (χ2n) is 4.62. The molecule has 0 bridgehead atoms. The fourth-order valence-electron chi connectivity index (χ4n) is 2.42. The summed E-state index contributed by atoms with van der Waals surface area (Å²) in [6.45, 7) is 0. The van der Waals surface area contributed by atoms with Crippen molar-refractivity contribution < 1.29 is 14.3 Å². The Morgan fingerprint density at radius 2 is 2.06 bits per heavy atom. The van der Waals surface area contributed by atoms with Crippen LogP contribution in [0.3, 0.4) is 0 Å². The zero-order valence-corrected chi connectivity index (χ0v) is 10.7. The predicted molar refractivity (Wildman–Crippen MR) is 67.8 cm³/mol. The number of hydrogen-bond donors (Lipinski definition) is 0. The van der Waals surface area contributed by atoms with E-state index in [-0.39, 0.29) is 12.0 Å². The number of carbonyl (C=O) groups is 2. The van der Waals surface area contributed by atoms with Crippen LogP contribution in [0, 0.1) is 0 Å². The van der Waals surface area contributed by atoms with E-state index >= 15 is 0 Å². The Balaban J connectivity index is 1.73. The fraction of sp³-hybridized carbons (Fsp3) is 0.583. The van der Waals surface area contributed by atoms with E-state index < -0.39 is 12.0 Å². The molecule has 0 saturated heterocycles. The van der Waals surface area contributed by atoms with Gasteiger partial charge in [0.15, 0.2) is 5.17 Å². The van der Waals surface area contributed by atoms with Crippen molar-refractivity contribution in [1.29, 1.82) is 0 Å². The van der Waals surface area contributed by atoms with E-state index in [2.05, 4.69) is 4.99 Å². The minimum absolute atomic E-state index is 0.0210. The van der Waals surface area contributed by atoms with Crippen molar-refractivity contribution in [1.82, 2.24) is 4.90 Å². The van der Waals surface area contributed by atoms with Crippen molar-refractivity contribution in [3.63, 3.8) is 0 Å². The Morgan fingerprint density at radius 3 is 2.83 bits per heavy atom. The molecule has 0 spiro atoms. The van der Waals surface area contributed by atoms with Gasteiger partial charge in [0.25, 0.3) is 11.8 Å². The molecule has 2 heterocycles. The molecule has 0 aromatic carbocycles. The Kier molecular flexibility index (Phi) is 3.22. The van der Waals surface area contributed by atoms with E-state index in [0.717, 1.165) is 25.7 Å². The van der Waals surface area contributed by atoms with Crippen molar-refractivity contribution in [3.8, 4) is 0 Å². The van der Waals surface area contributed by atoms with Gasteiger partial charge in [-0.05, 0) is 18.2 Å². The summed E-state index contributed by atoms with van der Waals surface area (Å²) in [6.07, 6.45) is 5.89. The van der Waals surface area contributed by atoms with Gasteiger partial charge in [-0.25, -0.2) is 0 Å². The number of rotatable bonds is 2. The Labute approximate surface area is 109 Å². The third-order valence-corrected chi connectivity index (χ3v) is 4.12. The maximum Gasteiger partial charge on any atom is 0.287 e. The maximum absolute atomic E-state index is 12.1. The average Bonchev–Trinajstić information content (AvgIpc) is 2.84. The standard InChI is InChI=1S/C12H14N2O3S/c15-10-9(17-8-4-2-1-3-5-8)11(16)14-6-7-18-12(14)13-10/h6-9H,1-5H2. The molecular formula is C12H14N2O3S. The summed E-state index contributed by atoms with van der Waals surface area (Å²) in [5.41, 5.74) is 0. The van der Waals surface area contributed by atoms with Gasteiger partial charge in [-0.1, -0.05) is 31.0 Å². The molecule has 2 amide bonds. The first-order valence-electron chi connectivity index (χ1n) is 6.20. The van der Waals surface area contributed by atoms with Crippen molar-refractivity contribution in [2.75, 3.05) is 0 Å². The molecule has 0 aromatic heterocycles. The molecule has 5 nitrogen and oxygen atoms in total. The van der Waals surface area contributed by atoms with Crippen molar-refractivity contribution in [3.05, 3.63) is 11.6 Å². The minimum Gasteiger partial charge on any atom is -0.356 e. The van der Waals surface area contributed by atoms with Gasteiger partial charge in [0.05, 0.1) is 6.10 Å². The summed E-state index contributed by atoms with van der Waals surface area (Å²) < 4.78 is 5.67. The van der Waals surface area contributed by atoms with Gasteiger partial charge < -0.3 is 4.74 Å². The third kappa shape index (κ3) is 2.10. The zero-order chi connectivity index (χ0) is 12.5. The van der Waals surface area contributed by atoms with Crippen LogP contribution in [0.25, 0.3) is 0 Å². The molecule has 6 heteroatoms. The molecule has 1 atom stereocenters. The summed E-state index contributed by atoms with van der Waals surface area (Å²) in [5.74, 6) is -0.773. The van der Waals surface area contributed by atoms with Crippen LogP contribution in [0.5, 0.6) is 0 Å². The van der Waals surface area contributed by atoms with Crippen LogP contribution in [0.15, 0.2) is 16.6 Å². The van der Waals surface area contributed by atoms with Gasteiger partial charge in [0.2, 0.25) is 6.10 Å². The quantitative estimate of drug-likeness (QED) is 0.713. The first-order chi connectivity index (χ1) is 8.75. The highest BCUT2D eigenvalue weighted by Gasteiger charge is 2.40. The van der Waals surface area contributed by atoms with E-state index in [0.29, 0.717) is 5.17 Å². The fourth-order valence-corrected chi connectivity index (χ4v) is 3.13. The number of aliphatic imine (C=N–C) groups is 1. The molecule has 3 aliphatic rings. The monoisotopic (exact) mass is 266 g/mol. The molecule has 96 valence electrons. The highest BCUT2D eigenvalue weighted by molar-refractivity contribution is 8.16. The second-order valence-corrected chi connectivity index (χ2v) is 5.49. The van der Waals surface area contributed by atoms with Gasteiger partial charge in [-0.15, -0.1) is 0 Å². The SMILES string of the molecule is O=C1N=C2SC=CN2C(=O)C1OC1CCCCC1. The van der Waals surface area contributed by atoms with Crippen LogP contribution in [0.4, 0.5) is 0 Å². The molecule has 2 aliphatic heterocycles. The molecular weight excluding hydrogens is 252 g/mol. The Hall–Kier alpha value is -1.14. The summed E-state index contributed by atoms with van der Waals surface area (Å²) in [5, 5.41) is 2.18. The molecule has 18 heavy (non-hydrogen) atoms. The number of amides is 2. The molecule has 1 aliphatic carbocycles. The van der Waals surface area contributed by atoms with Crippen LogP contribution in [-0.2, 0) is 14.3 Å². The first kappa shape index (κ1) is 11.9.